The number of sulfone groups is 1. The van der Waals surface area contributed by atoms with Gasteiger partial charge in [0, 0.05) is 18.2 Å². The Morgan fingerprint density at radius 3 is 1.90 bits per heavy atom. The highest BCUT2D eigenvalue weighted by atomic mass is 32.3. The van der Waals surface area contributed by atoms with E-state index < -0.39 is 29.9 Å². The van der Waals surface area contributed by atoms with Crippen LogP contribution in [0, 0.1) is 0 Å². The van der Waals surface area contributed by atoms with Gasteiger partial charge in [-0.25, -0.2) is 25.3 Å². The molecule has 0 N–H and O–H groups in total. The maximum atomic E-state index is 12.3. The Balaban J connectivity index is 2.18. The monoisotopic (exact) mass is 473 g/mol. The van der Waals surface area contributed by atoms with Crippen LogP contribution in [0.4, 0.5) is 5.69 Å². The Labute approximate surface area is 175 Å². The number of benzene rings is 2. The van der Waals surface area contributed by atoms with Crippen molar-refractivity contribution in [3.8, 4) is 11.5 Å². The number of fused-ring (bicyclic) bond motifs is 1. The third-order valence-electron chi connectivity index (χ3n) is 4.39. The summed E-state index contributed by atoms with van der Waals surface area (Å²) >= 11 is 0. The number of ketones is 1. The van der Waals surface area contributed by atoms with Crippen LogP contribution >= 0.6 is 0 Å². The first-order chi connectivity index (χ1) is 13.7. The molecule has 2 aromatic rings. The molecule has 0 unspecified atom stereocenters. The maximum absolute atomic E-state index is 12.3. The van der Waals surface area contributed by atoms with Crippen LogP contribution in [0.5, 0.6) is 11.5 Å². The minimum atomic E-state index is -4.25. The second-order valence-corrected chi connectivity index (χ2v) is 12.9. The number of Topliss-reactive ketones (excluding diaryl/α,β-unsaturated/α-hetero) is 1. The fraction of sp³-hybridized carbons (Fsp3) is 0.278. The highest BCUT2D eigenvalue weighted by molar-refractivity contribution is 8.09. The number of ether oxygens (including phenoxy) is 1. The number of rotatable bonds is 6. The summed E-state index contributed by atoms with van der Waals surface area (Å²) in [7, 11) is -11.9. The summed E-state index contributed by atoms with van der Waals surface area (Å²) in [6, 6.07) is 7.93. The lowest BCUT2D eigenvalue weighted by atomic mass is 10.1. The van der Waals surface area contributed by atoms with Crippen LogP contribution in [0.1, 0.15) is 22.3 Å². The summed E-state index contributed by atoms with van der Waals surface area (Å²) in [5, 5.41) is 0. The van der Waals surface area contributed by atoms with Gasteiger partial charge in [-0.05, 0) is 48.4 Å². The van der Waals surface area contributed by atoms with Crippen molar-refractivity contribution >= 4 is 41.4 Å². The molecule has 1 aliphatic carbocycles. The van der Waals surface area contributed by atoms with Crippen LogP contribution in [0.3, 0.4) is 0 Å². The van der Waals surface area contributed by atoms with Crippen molar-refractivity contribution < 1.29 is 34.8 Å². The van der Waals surface area contributed by atoms with Gasteiger partial charge in [0.25, 0.3) is 0 Å². The molecular formula is C18H19NO8S3. The van der Waals surface area contributed by atoms with Gasteiger partial charge in [0.15, 0.2) is 21.4 Å². The molecular weight excluding hydrogens is 454 g/mol. The van der Waals surface area contributed by atoms with Gasteiger partial charge in [-0.2, -0.15) is 3.71 Å². The molecule has 0 bridgehead atoms. The Hall–Kier alpha value is -2.44. The van der Waals surface area contributed by atoms with Gasteiger partial charge in [0.05, 0.1) is 17.4 Å². The third kappa shape index (κ3) is 4.50. The van der Waals surface area contributed by atoms with Gasteiger partial charge < -0.3 is 4.74 Å². The molecule has 0 saturated carbocycles. The highest BCUT2D eigenvalue weighted by Crippen LogP contribution is 2.40. The number of hydrogen-bond acceptors (Lipinski definition) is 8. The SMILES string of the molecule is CS(=O)(=O)c1ccc(Oc2cc3c(cc2N(S(C)(=O)=O)S(C)(=O)=O)CCC3=O)cc1. The molecule has 0 fully saturated rings. The summed E-state index contributed by atoms with van der Waals surface area (Å²) in [6.45, 7) is 0. The van der Waals surface area contributed by atoms with Crippen molar-refractivity contribution in [3.05, 3.63) is 47.5 Å². The molecule has 0 atom stereocenters. The van der Waals surface area contributed by atoms with Crippen LogP contribution in [0.15, 0.2) is 41.3 Å². The van der Waals surface area contributed by atoms with E-state index in [0.717, 1.165) is 18.8 Å². The van der Waals surface area contributed by atoms with Gasteiger partial charge in [-0.15, -0.1) is 0 Å². The molecule has 1 aliphatic rings. The van der Waals surface area contributed by atoms with E-state index in [1.165, 1.54) is 36.4 Å². The Bertz CT molecular complexity index is 1310. The lowest BCUT2D eigenvalue weighted by Gasteiger charge is -2.23. The standard InChI is InChI=1S/C18H19NO8S3/c1-28(21,22)14-7-5-13(6-8-14)27-18-11-15-12(4-9-17(15)20)10-16(18)19(29(2,23)24)30(3,25)26/h5-8,10-11H,4,9H2,1-3H3. The smallest absolute Gasteiger partial charge is 0.245 e. The molecule has 12 heteroatoms. The third-order valence-corrected chi connectivity index (χ3v) is 8.74. The van der Waals surface area contributed by atoms with E-state index in [2.05, 4.69) is 0 Å². The zero-order valence-electron chi connectivity index (χ0n) is 16.3. The van der Waals surface area contributed by atoms with Gasteiger partial charge in [-0.1, -0.05) is 0 Å². The molecule has 0 radical (unpaired) electrons. The normalized spacial score (nSPS) is 14.4. The Kier molecular flexibility index (Phi) is 5.46. The fourth-order valence-corrected chi connectivity index (χ4v) is 6.77. The average molecular weight is 474 g/mol. The van der Waals surface area contributed by atoms with Crippen molar-refractivity contribution in [1.29, 1.82) is 0 Å². The van der Waals surface area contributed by atoms with Gasteiger partial charge >= 0.3 is 0 Å². The van der Waals surface area contributed by atoms with Crippen molar-refractivity contribution in [2.75, 3.05) is 22.5 Å². The Morgan fingerprint density at radius 1 is 0.833 bits per heavy atom. The number of anilines is 1. The molecule has 0 amide bonds. The minimum Gasteiger partial charge on any atom is -0.455 e. The maximum Gasteiger partial charge on any atom is 0.245 e. The summed E-state index contributed by atoms with van der Waals surface area (Å²) in [4.78, 5) is 12.2. The summed E-state index contributed by atoms with van der Waals surface area (Å²) in [5.41, 5.74) is 0.594. The number of hydrogen-bond donors (Lipinski definition) is 0. The summed E-state index contributed by atoms with van der Waals surface area (Å²) in [6.07, 6.45) is 3.11. The minimum absolute atomic E-state index is 0.0492. The van der Waals surface area contributed by atoms with E-state index in [0.29, 0.717) is 17.5 Å². The van der Waals surface area contributed by atoms with Crippen molar-refractivity contribution in [1.82, 2.24) is 0 Å². The number of carbonyl (C=O) groups excluding carboxylic acids is 1. The fourth-order valence-electron chi connectivity index (χ4n) is 3.17. The summed E-state index contributed by atoms with van der Waals surface area (Å²) in [5.74, 6) is -0.193. The molecule has 0 heterocycles. The van der Waals surface area contributed by atoms with E-state index in [4.69, 9.17) is 4.74 Å². The largest absolute Gasteiger partial charge is 0.455 e. The van der Waals surface area contributed by atoms with Crippen molar-refractivity contribution in [2.45, 2.75) is 17.7 Å². The number of aryl methyl sites for hydroxylation is 1. The molecule has 0 spiro atoms. The van der Waals surface area contributed by atoms with Crippen LogP contribution in [0.25, 0.3) is 0 Å². The van der Waals surface area contributed by atoms with Crippen molar-refractivity contribution in [2.24, 2.45) is 0 Å². The lowest BCUT2D eigenvalue weighted by molar-refractivity contribution is 0.0994. The van der Waals surface area contributed by atoms with E-state index in [9.17, 15) is 30.0 Å². The topological polar surface area (TPSA) is 132 Å². The van der Waals surface area contributed by atoms with Crippen LogP contribution in [-0.4, -0.2) is 49.8 Å². The van der Waals surface area contributed by atoms with Crippen LogP contribution in [-0.2, 0) is 36.3 Å². The lowest BCUT2D eigenvalue weighted by Crippen LogP contribution is -2.35. The quantitative estimate of drug-likeness (QED) is 0.620. The zero-order valence-corrected chi connectivity index (χ0v) is 18.8. The molecule has 9 nitrogen and oxygen atoms in total. The van der Waals surface area contributed by atoms with Gasteiger partial charge in [-0.3, -0.25) is 4.79 Å². The molecule has 0 saturated heterocycles. The predicted octanol–water partition coefficient (Wildman–Crippen LogP) is 1.74. The predicted molar refractivity (Wildman–Crippen MR) is 111 cm³/mol. The molecule has 0 aliphatic heterocycles. The molecule has 0 aromatic heterocycles. The second kappa shape index (κ2) is 7.36. The average Bonchev–Trinajstić information content (AvgIpc) is 2.92. The summed E-state index contributed by atoms with van der Waals surface area (Å²) < 4.78 is 78.2. The molecule has 30 heavy (non-hydrogen) atoms. The number of sulfonamides is 2. The molecule has 3 rings (SSSR count). The first-order valence-corrected chi connectivity index (χ1v) is 14.2. The number of nitrogens with zero attached hydrogens (tertiary/aromatic N) is 1. The van der Waals surface area contributed by atoms with Gasteiger partial charge in [0.2, 0.25) is 20.0 Å². The van der Waals surface area contributed by atoms with Gasteiger partial charge in [0.1, 0.15) is 11.4 Å². The van der Waals surface area contributed by atoms with E-state index in [1.807, 2.05) is 0 Å². The zero-order chi connectivity index (χ0) is 22.5. The van der Waals surface area contributed by atoms with Crippen LogP contribution < -0.4 is 8.45 Å². The second-order valence-electron chi connectivity index (χ2n) is 6.97. The van der Waals surface area contributed by atoms with E-state index in [-0.39, 0.29) is 38.0 Å². The molecule has 162 valence electrons. The van der Waals surface area contributed by atoms with E-state index in [1.54, 1.807) is 0 Å². The first kappa shape index (κ1) is 22.2. The Morgan fingerprint density at radius 2 is 1.40 bits per heavy atom. The number of carbonyl (C=O) groups is 1. The first-order valence-electron chi connectivity index (χ1n) is 8.56. The van der Waals surface area contributed by atoms with Crippen LogP contribution in [0.2, 0.25) is 0 Å². The highest BCUT2D eigenvalue weighted by Gasteiger charge is 2.33. The van der Waals surface area contributed by atoms with E-state index >= 15 is 0 Å². The molecule has 2 aromatic carbocycles. The van der Waals surface area contributed by atoms with Crippen molar-refractivity contribution in [3.63, 3.8) is 0 Å².